The van der Waals surface area contributed by atoms with Crippen LogP contribution in [0.3, 0.4) is 0 Å². The number of aliphatic carboxylic acids is 1. The minimum absolute atomic E-state index is 0.116. The molecule has 20 heavy (non-hydrogen) atoms. The van der Waals surface area contributed by atoms with Crippen LogP contribution in [0.25, 0.3) is 0 Å². The van der Waals surface area contributed by atoms with Gasteiger partial charge >= 0.3 is 5.97 Å². The average Bonchev–Trinajstić information content (AvgIpc) is 3.18. The van der Waals surface area contributed by atoms with Gasteiger partial charge in [-0.1, -0.05) is 18.6 Å². The third-order valence-corrected chi connectivity index (χ3v) is 4.29. The van der Waals surface area contributed by atoms with Crippen LogP contribution in [-0.2, 0) is 4.79 Å². The van der Waals surface area contributed by atoms with E-state index in [-0.39, 0.29) is 18.5 Å². The first kappa shape index (κ1) is 13.2. The molecular formula is C16H19NO3. The largest absolute Gasteiger partial charge is 0.480 e. The van der Waals surface area contributed by atoms with E-state index in [0.717, 1.165) is 12.8 Å². The van der Waals surface area contributed by atoms with Crippen LogP contribution in [0.15, 0.2) is 24.3 Å². The molecule has 4 heteroatoms. The van der Waals surface area contributed by atoms with Crippen LogP contribution < -0.4 is 0 Å². The number of carbonyl (C=O) groups excluding carboxylic acids is 1. The Hall–Kier alpha value is -1.84. The van der Waals surface area contributed by atoms with Gasteiger partial charge in [-0.05, 0) is 49.3 Å². The average molecular weight is 273 g/mol. The van der Waals surface area contributed by atoms with E-state index in [0.29, 0.717) is 11.5 Å². The number of carboxylic acids is 1. The topological polar surface area (TPSA) is 57.6 Å². The van der Waals surface area contributed by atoms with Crippen molar-refractivity contribution in [3.63, 3.8) is 0 Å². The zero-order chi connectivity index (χ0) is 14.1. The molecule has 0 atom stereocenters. The minimum atomic E-state index is -0.948. The molecule has 4 nitrogen and oxygen atoms in total. The second-order valence-electron chi connectivity index (χ2n) is 5.81. The van der Waals surface area contributed by atoms with Crippen molar-refractivity contribution in [1.29, 1.82) is 0 Å². The Morgan fingerprint density at radius 1 is 1.10 bits per heavy atom. The molecule has 0 saturated heterocycles. The van der Waals surface area contributed by atoms with Gasteiger partial charge in [0.2, 0.25) is 0 Å². The summed E-state index contributed by atoms with van der Waals surface area (Å²) in [5, 5.41) is 8.92. The highest BCUT2D eigenvalue weighted by Crippen LogP contribution is 2.36. The molecule has 2 fully saturated rings. The Labute approximate surface area is 118 Å². The quantitative estimate of drug-likeness (QED) is 0.897. The van der Waals surface area contributed by atoms with Gasteiger partial charge in [-0.2, -0.15) is 0 Å². The molecule has 2 aliphatic carbocycles. The van der Waals surface area contributed by atoms with Crippen LogP contribution in [-0.4, -0.2) is 34.5 Å². The van der Waals surface area contributed by atoms with E-state index in [4.69, 9.17) is 5.11 Å². The lowest BCUT2D eigenvalue weighted by atomic mass is 9.80. The fraction of sp³-hybridized carbons (Fsp3) is 0.500. The van der Waals surface area contributed by atoms with E-state index >= 15 is 0 Å². The molecule has 1 N–H and O–H groups in total. The number of carboxylic acid groups (broad SMARTS) is 1. The molecule has 1 amide bonds. The van der Waals surface area contributed by atoms with Crippen molar-refractivity contribution in [2.45, 2.75) is 44.1 Å². The summed E-state index contributed by atoms with van der Waals surface area (Å²) in [4.78, 5) is 24.7. The zero-order valence-corrected chi connectivity index (χ0v) is 11.4. The van der Waals surface area contributed by atoms with Crippen LogP contribution in [0.4, 0.5) is 0 Å². The minimum Gasteiger partial charge on any atom is -0.480 e. The Kier molecular flexibility index (Phi) is 3.47. The highest BCUT2D eigenvalue weighted by molar-refractivity contribution is 5.96. The molecule has 0 spiro atoms. The molecule has 0 aromatic heterocycles. The summed E-state index contributed by atoms with van der Waals surface area (Å²) >= 11 is 0. The highest BCUT2D eigenvalue weighted by Gasteiger charge is 2.34. The Morgan fingerprint density at radius 3 is 2.20 bits per heavy atom. The van der Waals surface area contributed by atoms with Crippen LogP contribution in [0, 0.1) is 0 Å². The van der Waals surface area contributed by atoms with Gasteiger partial charge in [0.05, 0.1) is 0 Å². The van der Waals surface area contributed by atoms with E-state index in [9.17, 15) is 9.59 Å². The lowest BCUT2D eigenvalue weighted by Gasteiger charge is -2.26. The maximum atomic E-state index is 12.4. The van der Waals surface area contributed by atoms with Gasteiger partial charge in [-0.3, -0.25) is 9.59 Å². The molecule has 2 aliphatic rings. The third kappa shape index (κ3) is 2.69. The van der Waals surface area contributed by atoms with Crippen molar-refractivity contribution in [2.24, 2.45) is 0 Å². The van der Waals surface area contributed by atoms with Crippen molar-refractivity contribution in [1.82, 2.24) is 4.90 Å². The predicted octanol–water partition coefficient (Wildman–Crippen LogP) is 2.64. The molecule has 3 rings (SSSR count). The molecule has 0 aliphatic heterocycles. The Balaban J connectivity index is 1.72. The second kappa shape index (κ2) is 5.27. The number of benzene rings is 1. The van der Waals surface area contributed by atoms with Gasteiger partial charge in [-0.25, -0.2) is 0 Å². The normalized spacial score (nSPS) is 18.4. The SMILES string of the molecule is O=C(O)CN(C(=O)c1ccc(C2CCC2)cc1)C1CC1. The van der Waals surface area contributed by atoms with Gasteiger partial charge < -0.3 is 10.0 Å². The Bertz CT molecular complexity index is 515. The van der Waals surface area contributed by atoms with E-state index in [1.54, 1.807) is 0 Å². The van der Waals surface area contributed by atoms with Crippen molar-refractivity contribution in [3.05, 3.63) is 35.4 Å². The molecule has 1 aromatic carbocycles. The summed E-state index contributed by atoms with van der Waals surface area (Å²) in [6.45, 7) is -0.201. The van der Waals surface area contributed by atoms with Crippen molar-refractivity contribution < 1.29 is 14.7 Å². The molecule has 0 heterocycles. The van der Waals surface area contributed by atoms with E-state index < -0.39 is 5.97 Å². The summed E-state index contributed by atoms with van der Waals surface area (Å²) in [5.41, 5.74) is 1.89. The smallest absolute Gasteiger partial charge is 0.323 e. The summed E-state index contributed by atoms with van der Waals surface area (Å²) in [7, 11) is 0. The van der Waals surface area contributed by atoms with Gasteiger partial charge in [0, 0.05) is 11.6 Å². The monoisotopic (exact) mass is 273 g/mol. The number of nitrogens with zero attached hydrogens (tertiary/aromatic N) is 1. The number of hydrogen-bond acceptors (Lipinski definition) is 2. The zero-order valence-electron chi connectivity index (χ0n) is 11.4. The molecular weight excluding hydrogens is 254 g/mol. The highest BCUT2D eigenvalue weighted by atomic mass is 16.4. The van der Waals surface area contributed by atoms with E-state index in [1.165, 1.54) is 29.7 Å². The first-order chi connectivity index (χ1) is 9.65. The predicted molar refractivity (Wildman–Crippen MR) is 74.7 cm³/mol. The lowest BCUT2D eigenvalue weighted by Crippen LogP contribution is -2.37. The first-order valence-electron chi connectivity index (χ1n) is 7.28. The molecule has 0 radical (unpaired) electrons. The number of rotatable bonds is 5. The molecule has 106 valence electrons. The summed E-state index contributed by atoms with van der Waals surface area (Å²) in [5.74, 6) is -0.455. The maximum absolute atomic E-state index is 12.4. The van der Waals surface area contributed by atoms with Crippen molar-refractivity contribution in [3.8, 4) is 0 Å². The summed E-state index contributed by atoms with van der Waals surface area (Å²) in [6.07, 6.45) is 5.60. The van der Waals surface area contributed by atoms with Crippen molar-refractivity contribution >= 4 is 11.9 Å². The van der Waals surface area contributed by atoms with Crippen molar-refractivity contribution in [2.75, 3.05) is 6.54 Å². The van der Waals surface area contributed by atoms with Crippen LogP contribution >= 0.6 is 0 Å². The molecule has 0 unspecified atom stereocenters. The third-order valence-electron chi connectivity index (χ3n) is 4.29. The first-order valence-corrected chi connectivity index (χ1v) is 7.28. The van der Waals surface area contributed by atoms with Gasteiger partial charge in [0.15, 0.2) is 0 Å². The molecule has 1 aromatic rings. The van der Waals surface area contributed by atoms with E-state index in [1.807, 2.05) is 24.3 Å². The summed E-state index contributed by atoms with van der Waals surface area (Å²) in [6, 6.07) is 7.83. The maximum Gasteiger partial charge on any atom is 0.323 e. The van der Waals surface area contributed by atoms with Gasteiger partial charge in [-0.15, -0.1) is 0 Å². The van der Waals surface area contributed by atoms with Gasteiger partial charge in [0.1, 0.15) is 6.54 Å². The lowest BCUT2D eigenvalue weighted by molar-refractivity contribution is -0.137. The van der Waals surface area contributed by atoms with Crippen LogP contribution in [0.2, 0.25) is 0 Å². The second-order valence-corrected chi connectivity index (χ2v) is 5.81. The number of amides is 1. The number of carbonyl (C=O) groups is 2. The fourth-order valence-corrected chi connectivity index (χ4v) is 2.70. The van der Waals surface area contributed by atoms with Crippen LogP contribution in [0.5, 0.6) is 0 Å². The fourth-order valence-electron chi connectivity index (χ4n) is 2.70. The molecule has 0 bridgehead atoms. The van der Waals surface area contributed by atoms with E-state index in [2.05, 4.69) is 0 Å². The van der Waals surface area contributed by atoms with Crippen LogP contribution in [0.1, 0.15) is 53.9 Å². The standard InChI is InChI=1S/C16H19NO3/c18-15(19)10-17(14-8-9-14)16(20)13-6-4-12(5-7-13)11-2-1-3-11/h4-7,11,14H,1-3,8-10H2,(H,18,19). The number of hydrogen-bond donors (Lipinski definition) is 1. The molecule has 2 saturated carbocycles. The Morgan fingerprint density at radius 2 is 1.75 bits per heavy atom. The van der Waals surface area contributed by atoms with Gasteiger partial charge in [0.25, 0.3) is 5.91 Å². The summed E-state index contributed by atoms with van der Waals surface area (Å²) < 4.78 is 0.